The first-order chi connectivity index (χ1) is 15.3. The molecule has 0 saturated carbocycles. The van der Waals surface area contributed by atoms with Crippen molar-refractivity contribution in [3.05, 3.63) is 67.0 Å². The number of pyridine rings is 2. The van der Waals surface area contributed by atoms with E-state index in [4.69, 9.17) is 24.4 Å². The lowest BCUT2D eigenvalue weighted by Gasteiger charge is -2.24. The topological polar surface area (TPSA) is 110 Å². The number of nitrogens with zero attached hydrogens (tertiary/aromatic N) is 3. The zero-order chi connectivity index (χ0) is 22.7. The number of benzene rings is 1. The number of rotatable bonds is 2. The average Bonchev–Trinajstić information content (AvgIpc) is 3.24. The number of ether oxygens (including phenoxy) is 2. The monoisotopic (exact) mass is 444 g/mol. The van der Waals surface area contributed by atoms with Gasteiger partial charge in [-0.3, -0.25) is 9.97 Å². The zero-order valence-electron chi connectivity index (χ0n) is 16.2. The number of carboxylic acid groups (broad SMARTS) is 1. The van der Waals surface area contributed by atoms with E-state index >= 15 is 0 Å². The third-order valence-corrected chi connectivity index (χ3v) is 4.46. The molecule has 0 spiro atoms. The predicted octanol–water partition coefficient (Wildman–Crippen LogP) is 4.17. The molecule has 8 nitrogen and oxygen atoms in total. The van der Waals surface area contributed by atoms with Gasteiger partial charge < -0.3 is 19.6 Å². The highest BCUT2D eigenvalue weighted by Gasteiger charge is 2.38. The van der Waals surface area contributed by atoms with E-state index in [1.807, 2.05) is 42.6 Å². The molecule has 1 aromatic carbocycles. The van der Waals surface area contributed by atoms with Crippen molar-refractivity contribution in [1.82, 2.24) is 19.9 Å². The highest BCUT2D eigenvalue weighted by Crippen LogP contribution is 2.36. The molecule has 164 valence electrons. The molecule has 4 heterocycles. The van der Waals surface area contributed by atoms with E-state index in [0.29, 0.717) is 6.61 Å². The van der Waals surface area contributed by atoms with Crippen molar-refractivity contribution >= 4 is 17.0 Å². The van der Waals surface area contributed by atoms with Gasteiger partial charge >= 0.3 is 12.1 Å². The Labute approximate surface area is 178 Å². The van der Waals surface area contributed by atoms with Crippen LogP contribution in [0.2, 0.25) is 0 Å². The Balaban J connectivity index is 0.000000307. The first-order valence-corrected chi connectivity index (χ1v) is 9.25. The van der Waals surface area contributed by atoms with Crippen LogP contribution in [-0.2, 0) is 4.79 Å². The van der Waals surface area contributed by atoms with Crippen LogP contribution in [0.25, 0.3) is 22.2 Å². The fourth-order valence-corrected chi connectivity index (χ4v) is 3.00. The molecule has 0 fully saturated rings. The molecule has 2 N–H and O–H groups in total. The van der Waals surface area contributed by atoms with Crippen molar-refractivity contribution in [3.63, 3.8) is 0 Å². The van der Waals surface area contributed by atoms with Crippen LogP contribution in [0.15, 0.2) is 61.2 Å². The number of carboxylic acids is 1. The number of hydrogen-bond donors (Lipinski definition) is 2. The van der Waals surface area contributed by atoms with Gasteiger partial charge in [0.15, 0.2) is 23.4 Å². The molecule has 0 radical (unpaired) electrons. The van der Waals surface area contributed by atoms with E-state index < -0.39 is 12.1 Å². The molecular weight excluding hydrogens is 429 g/mol. The summed E-state index contributed by atoms with van der Waals surface area (Å²) in [5, 5.41) is 7.12. The van der Waals surface area contributed by atoms with Gasteiger partial charge in [-0.2, -0.15) is 13.2 Å². The molecule has 0 saturated heterocycles. The molecule has 1 aliphatic heterocycles. The van der Waals surface area contributed by atoms with Gasteiger partial charge in [0, 0.05) is 24.2 Å². The number of halogens is 3. The van der Waals surface area contributed by atoms with Crippen LogP contribution in [0.5, 0.6) is 11.5 Å². The summed E-state index contributed by atoms with van der Waals surface area (Å²) in [7, 11) is 0. The largest absolute Gasteiger partial charge is 0.490 e. The number of aliphatic carboxylic acids is 1. The smallest absolute Gasteiger partial charge is 0.485 e. The summed E-state index contributed by atoms with van der Waals surface area (Å²) in [6.07, 6.45) is 1.74. The minimum absolute atomic E-state index is 0.285. The highest BCUT2D eigenvalue weighted by molar-refractivity contribution is 5.90. The normalized spacial score (nSPS) is 15.0. The summed E-state index contributed by atoms with van der Waals surface area (Å²) in [6, 6.07) is 11.5. The van der Waals surface area contributed by atoms with Gasteiger partial charge in [0.25, 0.3) is 0 Å². The third kappa shape index (κ3) is 4.46. The first-order valence-electron chi connectivity index (χ1n) is 9.25. The second-order valence-corrected chi connectivity index (χ2v) is 6.61. The SMILES string of the molecule is O=C(O)C(F)(F)F.c1ccc2c(c1)OCC(c1nc3c(-c4ccncc4)cncc3[nH]1)O2. The number of carbonyl (C=O) groups is 1. The number of nitrogens with one attached hydrogen (secondary N) is 1. The van der Waals surface area contributed by atoms with Crippen molar-refractivity contribution in [2.75, 3.05) is 6.61 Å². The van der Waals surface area contributed by atoms with Crippen LogP contribution < -0.4 is 9.47 Å². The van der Waals surface area contributed by atoms with Crippen LogP contribution in [0, 0.1) is 0 Å². The molecular formula is C21H15F3N4O4. The maximum absolute atomic E-state index is 10.6. The number of alkyl halides is 3. The Kier molecular flexibility index (Phi) is 5.63. The molecule has 5 rings (SSSR count). The average molecular weight is 444 g/mol. The molecule has 1 atom stereocenters. The molecule has 0 amide bonds. The van der Waals surface area contributed by atoms with E-state index in [-0.39, 0.29) is 6.10 Å². The van der Waals surface area contributed by atoms with E-state index in [9.17, 15) is 13.2 Å². The Morgan fingerprint density at radius 1 is 1.06 bits per heavy atom. The van der Waals surface area contributed by atoms with Crippen LogP contribution in [0.3, 0.4) is 0 Å². The van der Waals surface area contributed by atoms with Crippen molar-refractivity contribution in [2.45, 2.75) is 12.3 Å². The van der Waals surface area contributed by atoms with E-state index in [0.717, 1.165) is 39.5 Å². The van der Waals surface area contributed by atoms with E-state index in [2.05, 4.69) is 15.0 Å². The van der Waals surface area contributed by atoms with Gasteiger partial charge in [0.05, 0.1) is 17.2 Å². The zero-order valence-corrected chi connectivity index (χ0v) is 16.2. The Morgan fingerprint density at radius 3 is 2.44 bits per heavy atom. The number of H-pyrrole nitrogens is 1. The van der Waals surface area contributed by atoms with Gasteiger partial charge in [-0.25, -0.2) is 9.78 Å². The molecule has 1 aliphatic rings. The quantitative estimate of drug-likeness (QED) is 0.478. The van der Waals surface area contributed by atoms with Crippen LogP contribution in [0.1, 0.15) is 11.9 Å². The van der Waals surface area contributed by atoms with Crippen LogP contribution in [-0.4, -0.2) is 43.8 Å². The number of imidazole rings is 1. The molecule has 4 aromatic rings. The van der Waals surface area contributed by atoms with Gasteiger partial charge in [-0.15, -0.1) is 0 Å². The summed E-state index contributed by atoms with van der Waals surface area (Å²) in [6.45, 7) is 0.412. The minimum Gasteiger partial charge on any atom is -0.485 e. The Morgan fingerprint density at radius 2 is 1.75 bits per heavy atom. The predicted molar refractivity (Wildman–Crippen MR) is 106 cm³/mol. The summed E-state index contributed by atoms with van der Waals surface area (Å²) in [5.74, 6) is -0.541. The summed E-state index contributed by atoms with van der Waals surface area (Å²) in [5.41, 5.74) is 3.71. The number of aromatic amines is 1. The Bertz CT molecular complexity index is 1240. The van der Waals surface area contributed by atoms with Crippen molar-refractivity contribution < 1.29 is 32.5 Å². The number of aromatic nitrogens is 4. The molecule has 0 aliphatic carbocycles. The lowest BCUT2D eigenvalue weighted by molar-refractivity contribution is -0.192. The standard InChI is InChI=1S/C19H14N4O2.C2HF3O2/c1-2-4-16-15(3-1)24-11-17(25-16)19-22-14-10-21-9-13(18(14)23-19)12-5-7-20-8-6-12;3-2(4,5)1(6)7/h1-10,17H,11H2,(H,22,23);(H,6,7). The number of fused-ring (bicyclic) bond motifs is 2. The van der Waals surface area contributed by atoms with Gasteiger partial charge in [-0.1, -0.05) is 12.1 Å². The van der Waals surface area contributed by atoms with Crippen molar-refractivity contribution in [1.29, 1.82) is 0 Å². The van der Waals surface area contributed by atoms with Gasteiger partial charge in [0.2, 0.25) is 0 Å². The molecule has 11 heteroatoms. The minimum atomic E-state index is -5.08. The molecule has 3 aromatic heterocycles. The second kappa shape index (κ2) is 8.53. The molecule has 1 unspecified atom stereocenters. The van der Waals surface area contributed by atoms with Crippen molar-refractivity contribution in [3.8, 4) is 22.6 Å². The summed E-state index contributed by atoms with van der Waals surface area (Å²) >= 11 is 0. The van der Waals surface area contributed by atoms with Crippen molar-refractivity contribution in [2.24, 2.45) is 0 Å². The third-order valence-electron chi connectivity index (χ3n) is 4.46. The van der Waals surface area contributed by atoms with Crippen LogP contribution in [0.4, 0.5) is 13.2 Å². The fraction of sp³-hybridized carbons (Fsp3) is 0.143. The second-order valence-electron chi connectivity index (χ2n) is 6.61. The summed E-state index contributed by atoms with van der Waals surface area (Å²) < 4.78 is 43.6. The number of hydrogen-bond acceptors (Lipinski definition) is 6. The van der Waals surface area contributed by atoms with E-state index in [1.165, 1.54) is 0 Å². The molecule has 32 heavy (non-hydrogen) atoms. The lowest BCUT2D eigenvalue weighted by atomic mass is 10.1. The first kappa shape index (κ1) is 21.1. The summed E-state index contributed by atoms with van der Waals surface area (Å²) in [4.78, 5) is 25.4. The van der Waals surface area contributed by atoms with Crippen LogP contribution >= 0.6 is 0 Å². The Hall–Kier alpha value is -4.15. The fourth-order valence-electron chi connectivity index (χ4n) is 3.00. The van der Waals surface area contributed by atoms with Gasteiger partial charge in [-0.05, 0) is 29.8 Å². The van der Waals surface area contributed by atoms with E-state index in [1.54, 1.807) is 18.6 Å². The molecule has 0 bridgehead atoms. The maximum Gasteiger partial charge on any atom is 0.490 e. The number of para-hydroxylation sites is 2. The maximum atomic E-state index is 10.6. The lowest BCUT2D eigenvalue weighted by Crippen LogP contribution is -2.22. The van der Waals surface area contributed by atoms with Gasteiger partial charge in [0.1, 0.15) is 6.61 Å². The highest BCUT2D eigenvalue weighted by atomic mass is 19.4.